The van der Waals surface area contributed by atoms with Gasteiger partial charge in [0.15, 0.2) is 5.16 Å². The molecule has 1 aliphatic heterocycles. The summed E-state index contributed by atoms with van der Waals surface area (Å²) in [6, 6.07) is 21.8. The maximum atomic E-state index is 13.1. The molecule has 2 heterocycles. The highest BCUT2D eigenvalue weighted by Gasteiger charge is 2.25. The molecule has 1 aliphatic rings. The number of para-hydroxylation sites is 1. The second kappa shape index (κ2) is 10.4. The molecular formula is C27H23F2N3O3S. The molecule has 0 spiro atoms. The lowest BCUT2D eigenvalue weighted by Gasteiger charge is -2.17. The van der Waals surface area contributed by atoms with Crippen LogP contribution in [-0.4, -0.2) is 41.5 Å². The van der Waals surface area contributed by atoms with Gasteiger partial charge in [0.2, 0.25) is 5.91 Å². The summed E-state index contributed by atoms with van der Waals surface area (Å²) in [6.07, 6.45) is 2.58. The number of carbonyl (C=O) groups excluding carboxylic acids is 1. The number of aromatic nitrogens is 2. The summed E-state index contributed by atoms with van der Waals surface area (Å²) >= 11 is 1.33. The molecule has 1 amide bonds. The number of hydrogen-bond donors (Lipinski definition) is 0. The van der Waals surface area contributed by atoms with E-state index < -0.39 is 6.61 Å². The van der Waals surface area contributed by atoms with Gasteiger partial charge in [0.1, 0.15) is 11.5 Å². The number of rotatable bonds is 8. The highest BCUT2D eigenvalue weighted by atomic mass is 32.2. The van der Waals surface area contributed by atoms with Crippen molar-refractivity contribution in [1.82, 2.24) is 9.55 Å². The topological polar surface area (TPSA) is 56.6 Å². The first-order valence-electron chi connectivity index (χ1n) is 11.3. The Balaban J connectivity index is 1.43. The molecule has 0 N–H and O–H groups in total. The van der Waals surface area contributed by atoms with Crippen molar-refractivity contribution in [3.63, 3.8) is 0 Å². The molecule has 0 fully saturated rings. The zero-order valence-electron chi connectivity index (χ0n) is 19.4. The minimum Gasteiger partial charge on any atom is -0.497 e. The van der Waals surface area contributed by atoms with Gasteiger partial charge in [0.05, 0.1) is 24.8 Å². The fourth-order valence-electron chi connectivity index (χ4n) is 4.23. The van der Waals surface area contributed by atoms with Crippen molar-refractivity contribution in [2.45, 2.75) is 18.2 Å². The van der Waals surface area contributed by atoms with E-state index in [-0.39, 0.29) is 17.4 Å². The molecule has 6 nitrogen and oxygen atoms in total. The van der Waals surface area contributed by atoms with E-state index in [9.17, 15) is 13.6 Å². The Morgan fingerprint density at radius 2 is 1.75 bits per heavy atom. The number of ether oxygens (including phenoxy) is 2. The molecule has 36 heavy (non-hydrogen) atoms. The molecule has 0 unspecified atom stereocenters. The summed E-state index contributed by atoms with van der Waals surface area (Å²) in [6.45, 7) is -2.23. The maximum absolute atomic E-state index is 13.1. The largest absolute Gasteiger partial charge is 0.497 e. The number of imidazole rings is 1. The van der Waals surface area contributed by atoms with Gasteiger partial charge in [0.25, 0.3) is 0 Å². The number of hydrogen-bond acceptors (Lipinski definition) is 5. The summed E-state index contributed by atoms with van der Waals surface area (Å²) in [5, 5.41) is 0.615. The first-order chi connectivity index (χ1) is 17.5. The van der Waals surface area contributed by atoms with Gasteiger partial charge in [0, 0.05) is 23.5 Å². The molecular weight excluding hydrogens is 484 g/mol. The predicted octanol–water partition coefficient (Wildman–Crippen LogP) is 5.83. The molecule has 0 bridgehead atoms. The van der Waals surface area contributed by atoms with Gasteiger partial charge in [-0.25, -0.2) is 4.98 Å². The van der Waals surface area contributed by atoms with Gasteiger partial charge in [-0.1, -0.05) is 30.0 Å². The molecule has 184 valence electrons. The van der Waals surface area contributed by atoms with Crippen molar-refractivity contribution in [2.75, 3.05) is 24.3 Å². The Labute approximate surface area is 211 Å². The average molecular weight is 508 g/mol. The van der Waals surface area contributed by atoms with E-state index in [0.717, 1.165) is 29.1 Å². The molecule has 0 atom stereocenters. The Morgan fingerprint density at radius 3 is 2.47 bits per heavy atom. The van der Waals surface area contributed by atoms with Gasteiger partial charge in [-0.05, 0) is 66.6 Å². The second-order valence-corrected chi connectivity index (χ2v) is 9.02. The van der Waals surface area contributed by atoms with Crippen molar-refractivity contribution >= 4 is 23.4 Å². The molecule has 9 heteroatoms. The van der Waals surface area contributed by atoms with Crippen molar-refractivity contribution < 1.29 is 23.0 Å². The third kappa shape index (κ3) is 4.92. The zero-order valence-corrected chi connectivity index (χ0v) is 20.3. The van der Waals surface area contributed by atoms with E-state index in [1.54, 1.807) is 25.4 Å². The number of thioether (sulfide) groups is 1. The van der Waals surface area contributed by atoms with Crippen LogP contribution in [0.4, 0.5) is 14.5 Å². The smallest absolute Gasteiger partial charge is 0.387 e. The van der Waals surface area contributed by atoms with E-state index in [1.807, 2.05) is 58.0 Å². The number of alkyl halides is 2. The number of methoxy groups -OCH3 is 1. The highest BCUT2D eigenvalue weighted by Crippen LogP contribution is 2.33. The molecule has 1 aromatic heterocycles. The third-order valence-electron chi connectivity index (χ3n) is 5.95. The number of halogens is 2. The summed E-state index contributed by atoms with van der Waals surface area (Å²) in [5.41, 5.74) is 4.52. The molecule has 4 aromatic rings. The van der Waals surface area contributed by atoms with Crippen LogP contribution in [0.3, 0.4) is 0 Å². The van der Waals surface area contributed by atoms with E-state index in [2.05, 4.69) is 9.72 Å². The number of anilines is 1. The lowest BCUT2D eigenvalue weighted by molar-refractivity contribution is -0.116. The number of fused-ring (bicyclic) bond motifs is 1. The van der Waals surface area contributed by atoms with Crippen molar-refractivity contribution in [2.24, 2.45) is 0 Å². The quantitative estimate of drug-likeness (QED) is 0.281. The van der Waals surface area contributed by atoms with Crippen LogP contribution in [0, 0.1) is 0 Å². The van der Waals surface area contributed by atoms with E-state index in [4.69, 9.17) is 4.74 Å². The summed E-state index contributed by atoms with van der Waals surface area (Å²) in [5.74, 6) is 1.01. The number of carbonyl (C=O) groups is 1. The molecule has 5 rings (SSSR count). The highest BCUT2D eigenvalue weighted by molar-refractivity contribution is 7.99. The van der Waals surface area contributed by atoms with Crippen LogP contribution in [0.2, 0.25) is 0 Å². The SMILES string of the molecule is COc1ccc(-c2cnc(SCC(=O)N3CCc4ccccc43)n2-c2ccc(OC(F)F)cc2)cc1. The summed E-state index contributed by atoms with van der Waals surface area (Å²) in [7, 11) is 1.60. The van der Waals surface area contributed by atoms with Crippen molar-refractivity contribution in [3.8, 4) is 28.4 Å². The van der Waals surface area contributed by atoms with Gasteiger partial charge in [-0.15, -0.1) is 0 Å². The predicted molar refractivity (Wildman–Crippen MR) is 135 cm³/mol. The van der Waals surface area contributed by atoms with Crippen LogP contribution in [0.5, 0.6) is 11.5 Å². The van der Waals surface area contributed by atoms with E-state index in [0.29, 0.717) is 17.4 Å². The van der Waals surface area contributed by atoms with Crippen LogP contribution < -0.4 is 14.4 Å². The number of nitrogens with zero attached hydrogens (tertiary/aromatic N) is 3. The Bertz CT molecular complexity index is 1360. The molecule has 0 saturated heterocycles. The van der Waals surface area contributed by atoms with Crippen LogP contribution in [0.1, 0.15) is 5.56 Å². The Morgan fingerprint density at radius 1 is 1.03 bits per heavy atom. The number of benzene rings is 3. The maximum Gasteiger partial charge on any atom is 0.387 e. The minimum atomic E-state index is -2.90. The van der Waals surface area contributed by atoms with Gasteiger partial charge >= 0.3 is 6.61 Å². The molecule has 3 aromatic carbocycles. The lowest BCUT2D eigenvalue weighted by atomic mass is 10.1. The van der Waals surface area contributed by atoms with E-state index in [1.165, 1.54) is 29.5 Å². The first-order valence-corrected chi connectivity index (χ1v) is 12.3. The van der Waals surface area contributed by atoms with Gasteiger partial charge in [-0.2, -0.15) is 8.78 Å². The van der Waals surface area contributed by atoms with Crippen molar-refractivity contribution in [3.05, 3.63) is 84.6 Å². The van der Waals surface area contributed by atoms with Crippen LogP contribution in [0.25, 0.3) is 16.9 Å². The zero-order chi connectivity index (χ0) is 25.1. The van der Waals surface area contributed by atoms with Crippen LogP contribution in [0.15, 0.2) is 84.1 Å². The molecule has 0 saturated carbocycles. The monoisotopic (exact) mass is 507 g/mol. The Hall–Kier alpha value is -3.85. The minimum absolute atomic E-state index is 0.00572. The van der Waals surface area contributed by atoms with Crippen molar-refractivity contribution in [1.29, 1.82) is 0 Å². The van der Waals surface area contributed by atoms with Gasteiger partial charge in [-0.3, -0.25) is 9.36 Å². The number of amides is 1. The average Bonchev–Trinajstić information content (AvgIpc) is 3.52. The van der Waals surface area contributed by atoms with Crippen LogP contribution in [-0.2, 0) is 11.2 Å². The normalized spacial score (nSPS) is 12.6. The van der Waals surface area contributed by atoms with E-state index >= 15 is 0 Å². The third-order valence-corrected chi connectivity index (χ3v) is 6.89. The molecule has 0 aliphatic carbocycles. The summed E-state index contributed by atoms with van der Waals surface area (Å²) < 4.78 is 36.9. The molecule has 0 radical (unpaired) electrons. The fourth-order valence-corrected chi connectivity index (χ4v) is 5.10. The summed E-state index contributed by atoms with van der Waals surface area (Å²) in [4.78, 5) is 19.5. The first kappa shape index (κ1) is 23.9. The fraction of sp³-hybridized carbons (Fsp3) is 0.185. The van der Waals surface area contributed by atoms with Crippen LogP contribution >= 0.6 is 11.8 Å². The second-order valence-electron chi connectivity index (χ2n) is 8.08. The Kier molecular flexibility index (Phi) is 6.90. The van der Waals surface area contributed by atoms with Gasteiger partial charge < -0.3 is 14.4 Å². The standard InChI is InChI=1S/C27H23F2N3O3S/c1-34-21-10-6-19(7-11-21)24-16-30-27(32(24)20-8-12-22(13-9-20)35-26(28)29)36-17-25(33)31-15-14-18-4-2-3-5-23(18)31/h2-13,16,26H,14-15,17H2,1H3. The lowest BCUT2D eigenvalue weighted by Crippen LogP contribution is -2.30.